The van der Waals surface area contributed by atoms with Crippen LogP contribution in [0.15, 0.2) is 24.3 Å². The smallest absolute Gasteiger partial charge is 0.253 e. The quantitative estimate of drug-likeness (QED) is 0.810. The summed E-state index contributed by atoms with van der Waals surface area (Å²) < 4.78 is 5.47. The second-order valence-electron chi connectivity index (χ2n) is 7.67. The summed E-state index contributed by atoms with van der Waals surface area (Å²) in [4.78, 5) is 20.0. The van der Waals surface area contributed by atoms with Crippen LogP contribution in [0.4, 0.5) is 0 Å². The minimum Gasteiger partial charge on any atom is -0.494 e. The van der Waals surface area contributed by atoms with Crippen molar-refractivity contribution in [3.8, 4) is 5.75 Å². The van der Waals surface area contributed by atoms with Crippen LogP contribution >= 0.6 is 0 Å². The number of piperazine rings is 1. The fourth-order valence-electron chi connectivity index (χ4n) is 4.36. The molecule has 2 saturated heterocycles. The molecule has 1 aromatic rings. The first-order chi connectivity index (χ1) is 12.6. The largest absolute Gasteiger partial charge is 0.494 e. The van der Waals surface area contributed by atoms with Crippen molar-refractivity contribution in [2.45, 2.75) is 38.6 Å². The summed E-state index contributed by atoms with van der Waals surface area (Å²) in [7, 11) is 2.26. The first-order valence-corrected chi connectivity index (χ1v) is 10.0. The Labute approximate surface area is 157 Å². The molecule has 5 nitrogen and oxygen atoms in total. The Hall–Kier alpha value is -1.59. The van der Waals surface area contributed by atoms with Crippen molar-refractivity contribution in [3.05, 3.63) is 29.8 Å². The molecule has 0 atom stereocenters. The van der Waals surface area contributed by atoms with E-state index in [0.717, 1.165) is 50.3 Å². The Morgan fingerprint density at radius 1 is 1.08 bits per heavy atom. The van der Waals surface area contributed by atoms with Crippen LogP contribution in [0.2, 0.25) is 0 Å². The van der Waals surface area contributed by atoms with Crippen LogP contribution < -0.4 is 4.74 Å². The Kier molecular flexibility index (Phi) is 6.20. The number of amides is 1. The van der Waals surface area contributed by atoms with Crippen molar-refractivity contribution in [3.63, 3.8) is 0 Å². The average molecular weight is 360 g/mol. The van der Waals surface area contributed by atoms with Crippen LogP contribution in [-0.2, 0) is 0 Å². The minimum absolute atomic E-state index is 0.145. The van der Waals surface area contributed by atoms with Gasteiger partial charge in [0.05, 0.1) is 6.61 Å². The molecular weight excluding hydrogens is 326 g/mol. The maximum Gasteiger partial charge on any atom is 0.253 e. The van der Waals surface area contributed by atoms with Gasteiger partial charge >= 0.3 is 0 Å². The van der Waals surface area contributed by atoms with Crippen LogP contribution in [0.5, 0.6) is 5.75 Å². The van der Waals surface area contributed by atoms with Gasteiger partial charge in [-0.05, 0) is 64.0 Å². The number of carbonyl (C=O) groups is 1. The SMILES string of the molecule is CCCN1CCN(C)C2(CCN(C(=O)c3ccc(OCC)cc3)CC2)C1. The van der Waals surface area contributed by atoms with Crippen molar-refractivity contribution in [2.75, 3.05) is 52.9 Å². The van der Waals surface area contributed by atoms with E-state index in [1.165, 1.54) is 19.5 Å². The van der Waals surface area contributed by atoms with Gasteiger partial charge in [0.2, 0.25) is 0 Å². The molecule has 0 unspecified atom stereocenters. The van der Waals surface area contributed by atoms with Crippen molar-refractivity contribution < 1.29 is 9.53 Å². The third-order valence-electron chi connectivity index (χ3n) is 6.01. The molecule has 2 heterocycles. The molecule has 0 aromatic heterocycles. The molecule has 2 aliphatic rings. The number of nitrogens with zero attached hydrogens (tertiary/aromatic N) is 3. The lowest BCUT2D eigenvalue weighted by molar-refractivity contribution is -0.0235. The molecule has 2 aliphatic heterocycles. The van der Waals surface area contributed by atoms with E-state index < -0.39 is 0 Å². The molecule has 1 aromatic carbocycles. The maximum absolute atomic E-state index is 12.8. The highest BCUT2D eigenvalue weighted by Crippen LogP contribution is 2.32. The molecule has 1 amide bonds. The first kappa shape index (κ1) is 19.2. The van der Waals surface area contributed by atoms with Gasteiger partial charge in [-0.25, -0.2) is 0 Å². The van der Waals surface area contributed by atoms with Crippen molar-refractivity contribution in [2.24, 2.45) is 0 Å². The molecule has 5 heteroatoms. The summed E-state index contributed by atoms with van der Waals surface area (Å²) >= 11 is 0. The predicted octanol–water partition coefficient (Wildman–Crippen LogP) is 2.72. The third-order valence-corrected chi connectivity index (χ3v) is 6.01. The normalized spacial score (nSPS) is 21.1. The van der Waals surface area contributed by atoms with Crippen molar-refractivity contribution >= 4 is 5.91 Å². The molecule has 0 saturated carbocycles. The lowest BCUT2D eigenvalue weighted by Crippen LogP contribution is -2.64. The molecule has 2 fully saturated rings. The highest BCUT2D eigenvalue weighted by molar-refractivity contribution is 5.94. The van der Waals surface area contributed by atoms with E-state index in [0.29, 0.717) is 6.61 Å². The van der Waals surface area contributed by atoms with E-state index in [9.17, 15) is 4.79 Å². The predicted molar refractivity (Wildman–Crippen MR) is 105 cm³/mol. The van der Waals surface area contributed by atoms with Crippen LogP contribution in [0.1, 0.15) is 43.5 Å². The average Bonchev–Trinajstić information content (AvgIpc) is 2.66. The summed E-state index contributed by atoms with van der Waals surface area (Å²) in [5.74, 6) is 0.966. The topological polar surface area (TPSA) is 36.0 Å². The van der Waals surface area contributed by atoms with Crippen LogP contribution in [0.25, 0.3) is 0 Å². The molecule has 0 aliphatic carbocycles. The van der Waals surface area contributed by atoms with Gasteiger partial charge in [-0.2, -0.15) is 0 Å². The number of hydrogen-bond acceptors (Lipinski definition) is 4. The summed E-state index contributed by atoms with van der Waals surface area (Å²) in [5.41, 5.74) is 0.997. The molecule has 0 bridgehead atoms. The van der Waals surface area contributed by atoms with Crippen molar-refractivity contribution in [1.29, 1.82) is 0 Å². The lowest BCUT2D eigenvalue weighted by atomic mass is 9.83. The first-order valence-electron chi connectivity index (χ1n) is 10.0. The maximum atomic E-state index is 12.8. The molecule has 3 rings (SSSR count). The molecule has 0 radical (unpaired) electrons. The number of likely N-dealkylation sites (tertiary alicyclic amines) is 1. The number of ether oxygens (including phenoxy) is 1. The Morgan fingerprint density at radius 3 is 2.38 bits per heavy atom. The van der Waals surface area contributed by atoms with Gasteiger partial charge in [0.15, 0.2) is 0 Å². The third kappa shape index (κ3) is 4.04. The van der Waals surface area contributed by atoms with E-state index in [-0.39, 0.29) is 11.4 Å². The van der Waals surface area contributed by atoms with Gasteiger partial charge in [0.1, 0.15) is 5.75 Å². The second-order valence-corrected chi connectivity index (χ2v) is 7.67. The lowest BCUT2D eigenvalue weighted by Gasteiger charge is -2.53. The molecule has 26 heavy (non-hydrogen) atoms. The zero-order valence-electron chi connectivity index (χ0n) is 16.5. The number of benzene rings is 1. The zero-order chi connectivity index (χ0) is 18.6. The van der Waals surface area contributed by atoms with Crippen LogP contribution in [-0.4, -0.2) is 79.1 Å². The Morgan fingerprint density at radius 2 is 1.77 bits per heavy atom. The molecule has 0 N–H and O–H groups in total. The van der Waals surface area contributed by atoms with E-state index in [1.807, 2.05) is 36.1 Å². The van der Waals surface area contributed by atoms with Gasteiger partial charge < -0.3 is 14.5 Å². The zero-order valence-corrected chi connectivity index (χ0v) is 16.5. The number of rotatable bonds is 5. The van der Waals surface area contributed by atoms with Gasteiger partial charge in [0, 0.05) is 43.8 Å². The highest BCUT2D eigenvalue weighted by Gasteiger charge is 2.42. The van der Waals surface area contributed by atoms with E-state index in [4.69, 9.17) is 4.74 Å². The van der Waals surface area contributed by atoms with Crippen LogP contribution in [0.3, 0.4) is 0 Å². The fourth-order valence-corrected chi connectivity index (χ4v) is 4.36. The van der Waals surface area contributed by atoms with E-state index >= 15 is 0 Å². The molecule has 144 valence electrons. The highest BCUT2D eigenvalue weighted by atomic mass is 16.5. The number of likely N-dealkylation sites (N-methyl/N-ethyl adjacent to an activating group) is 1. The molecular formula is C21H33N3O2. The number of piperidine rings is 1. The van der Waals surface area contributed by atoms with Gasteiger partial charge in [-0.1, -0.05) is 6.92 Å². The van der Waals surface area contributed by atoms with Gasteiger partial charge in [-0.15, -0.1) is 0 Å². The second kappa shape index (κ2) is 8.40. The van der Waals surface area contributed by atoms with E-state index in [1.54, 1.807) is 0 Å². The van der Waals surface area contributed by atoms with Crippen molar-refractivity contribution in [1.82, 2.24) is 14.7 Å². The van der Waals surface area contributed by atoms with Gasteiger partial charge in [0.25, 0.3) is 5.91 Å². The fraction of sp³-hybridized carbons (Fsp3) is 0.667. The minimum atomic E-state index is 0.145. The Bertz CT molecular complexity index is 594. The summed E-state index contributed by atoms with van der Waals surface area (Å²) in [6.07, 6.45) is 3.33. The van der Waals surface area contributed by atoms with Crippen LogP contribution in [0, 0.1) is 0 Å². The Balaban J connectivity index is 1.61. The summed E-state index contributed by atoms with van der Waals surface area (Å²) in [5, 5.41) is 0. The summed E-state index contributed by atoms with van der Waals surface area (Å²) in [6, 6.07) is 7.54. The van der Waals surface area contributed by atoms with E-state index in [2.05, 4.69) is 23.8 Å². The van der Waals surface area contributed by atoms with Gasteiger partial charge in [-0.3, -0.25) is 9.69 Å². The number of carbonyl (C=O) groups excluding carboxylic acids is 1. The standard InChI is InChI=1S/C21H33N3O2/c1-4-12-23-16-15-22(3)21(17-23)10-13-24(14-11-21)20(25)18-6-8-19(9-7-18)26-5-2/h6-9H,4-5,10-17H2,1-3H3. The summed E-state index contributed by atoms with van der Waals surface area (Å²) in [6.45, 7) is 11.2. The monoisotopic (exact) mass is 359 g/mol. The number of hydrogen-bond donors (Lipinski definition) is 0. The molecule has 1 spiro atoms.